The van der Waals surface area contributed by atoms with Gasteiger partial charge in [0.05, 0.1) is 0 Å². The van der Waals surface area contributed by atoms with E-state index in [1.165, 1.54) is 0 Å². The van der Waals surface area contributed by atoms with Crippen LogP contribution in [0.4, 0.5) is 0 Å². The Labute approximate surface area is 68.6 Å². The Morgan fingerprint density at radius 1 is 1.45 bits per heavy atom. The third kappa shape index (κ3) is 136. The fourth-order valence-corrected chi connectivity index (χ4v) is 0. The van der Waals surface area contributed by atoms with Crippen LogP contribution in [-0.2, 0) is 4.79 Å². The van der Waals surface area contributed by atoms with Crippen molar-refractivity contribution in [2.24, 2.45) is 0 Å². The summed E-state index contributed by atoms with van der Waals surface area (Å²) in [6.07, 6.45) is 3.79. The van der Waals surface area contributed by atoms with E-state index in [0.29, 0.717) is 0 Å². The molecule has 0 aliphatic carbocycles. The maximum atomic E-state index is 9.25. The summed E-state index contributed by atoms with van der Waals surface area (Å²) in [5.74, 6) is -0.981. The Kier molecular flexibility index (Phi) is 34.7. The first-order valence-corrected chi connectivity index (χ1v) is 3.15. The fourth-order valence-electron chi connectivity index (χ4n) is 0. The van der Waals surface area contributed by atoms with Crippen molar-refractivity contribution in [1.82, 2.24) is 0 Å². The van der Waals surface area contributed by atoms with Gasteiger partial charge in [-0.25, -0.2) is 4.79 Å². The molecule has 0 saturated heterocycles. The van der Waals surface area contributed by atoms with Gasteiger partial charge in [-0.2, -0.15) is 0 Å². The molecule has 0 aromatic carbocycles. The van der Waals surface area contributed by atoms with Crippen molar-refractivity contribution in [2.75, 3.05) is 0 Å². The van der Waals surface area contributed by atoms with Gasteiger partial charge in [0.2, 0.25) is 0 Å². The summed E-state index contributed by atoms with van der Waals surface area (Å²) in [7, 11) is 0. The number of carboxylic acid groups (broad SMARTS) is 1. The molecular weight excluding hydrogens is 140 g/mol. The molecule has 1 N–H and O–H groups in total. The number of carbonyl (C=O) groups is 1. The average molecular weight is 156 g/mol. The molecule has 0 atom stereocenters. The van der Waals surface area contributed by atoms with Crippen molar-refractivity contribution in [3.63, 3.8) is 0 Å². The Morgan fingerprint density at radius 2 is 1.64 bits per heavy atom. The monoisotopic (exact) mass is 156 g/mol. The Balaban J connectivity index is -0.0000000965. The van der Waals surface area contributed by atoms with Crippen LogP contribution in [0.2, 0.25) is 0 Å². The summed E-state index contributed by atoms with van der Waals surface area (Å²) >= 11 is 0. The molecule has 0 spiro atoms. The highest BCUT2D eigenvalue weighted by Crippen LogP contribution is 1.66. The van der Waals surface area contributed by atoms with Gasteiger partial charge in [-0.3, -0.25) is 0 Å². The molecule has 0 rings (SSSR count). The van der Waals surface area contributed by atoms with E-state index in [0.717, 1.165) is 12.5 Å². The highest BCUT2D eigenvalue weighted by atomic mass is 16.4. The normalized spacial score (nSPS) is 5.55. The van der Waals surface area contributed by atoms with Crippen LogP contribution in [0.15, 0.2) is 38.5 Å². The minimum atomic E-state index is -0.981. The molecule has 0 heterocycles. The lowest BCUT2D eigenvalue weighted by molar-refractivity contribution is -0.131. The molecule has 2 nitrogen and oxygen atoms in total. The molecular formula is C9H16O2. The summed E-state index contributed by atoms with van der Waals surface area (Å²) < 4.78 is 0. The molecule has 64 valence electrons. The van der Waals surface area contributed by atoms with E-state index in [9.17, 15) is 4.79 Å². The van der Waals surface area contributed by atoms with Crippen LogP contribution in [0, 0.1) is 0 Å². The summed E-state index contributed by atoms with van der Waals surface area (Å²) in [6, 6.07) is 0. The van der Waals surface area contributed by atoms with Gasteiger partial charge >= 0.3 is 5.97 Å². The standard InChI is InChI=1S/C4H8.C3H4O2.C2H4/c1-3-4-2;1-2-3(4)5;1-2/h3H,1,4H2,2H3;2H,1H2,(H,4,5);1-2H2. The molecule has 0 aromatic rings. The first kappa shape index (κ1) is 16.3. The van der Waals surface area contributed by atoms with Crippen LogP contribution in [0.25, 0.3) is 0 Å². The molecule has 11 heavy (non-hydrogen) atoms. The van der Waals surface area contributed by atoms with E-state index < -0.39 is 5.97 Å². The first-order valence-electron chi connectivity index (χ1n) is 3.15. The SMILES string of the molecule is C=C.C=CC(=O)O.C=CCC. The van der Waals surface area contributed by atoms with Gasteiger partial charge in [0.15, 0.2) is 0 Å². The third-order valence-electron chi connectivity index (χ3n) is 0.463. The van der Waals surface area contributed by atoms with Crippen LogP contribution in [0.1, 0.15) is 13.3 Å². The lowest BCUT2D eigenvalue weighted by atomic mass is 10.5. The minimum Gasteiger partial charge on any atom is -0.478 e. The predicted octanol–water partition coefficient (Wildman–Crippen LogP) is 2.64. The van der Waals surface area contributed by atoms with Gasteiger partial charge in [0.1, 0.15) is 0 Å². The van der Waals surface area contributed by atoms with Crippen molar-refractivity contribution in [3.05, 3.63) is 38.5 Å². The highest BCUT2D eigenvalue weighted by Gasteiger charge is 1.73. The Morgan fingerprint density at radius 3 is 1.64 bits per heavy atom. The second kappa shape index (κ2) is 23.4. The summed E-state index contributed by atoms with van der Waals surface area (Å²) in [5.41, 5.74) is 0. The van der Waals surface area contributed by atoms with Gasteiger partial charge in [-0.15, -0.1) is 19.7 Å². The third-order valence-corrected chi connectivity index (χ3v) is 0.463. The molecule has 0 unspecified atom stereocenters. The van der Waals surface area contributed by atoms with Crippen LogP contribution >= 0.6 is 0 Å². The molecule has 0 aromatic heterocycles. The Bertz CT molecular complexity index is 106. The van der Waals surface area contributed by atoms with Crippen molar-refractivity contribution in [3.8, 4) is 0 Å². The van der Waals surface area contributed by atoms with E-state index in [2.05, 4.69) is 33.2 Å². The molecule has 0 aliphatic rings. The molecule has 0 amide bonds. The first-order chi connectivity index (χ1) is 5.18. The number of rotatable bonds is 2. The second-order valence-corrected chi connectivity index (χ2v) is 1.24. The van der Waals surface area contributed by atoms with Crippen molar-refractivity contribution in [1.29, 1.82) is 0 Å². The summed E-state index contributed by atoms with van der Waals surface area (Å²) in [6.45, 7) is 14.5. The molecule has 0 fully saturated rings. The molecule has 2 heteroatoms. The van der Waals surface area contributed by atoms with E-state index in [1.54, 1.807) is 0 Å². The van der Waals surface area contributed by atoms with Gasteiger partial charge in [-0.05, 0) is 6.42 Å². The van der Waals surface area contributed by atoms with Crippen molar-refractivity contribution >= 4 is 5.97 Å². The van der Waals surface area contributed by atoms with Gasteiger partial charge in [-0.1, -0.05) is 19.6 Å². The number of aliphatic carboxylic acids is 1. The summed E-state index contributed by atoms with van der Waals surface area (Å²) in [4.78, 5) is 9.25. The topological polar surface area (TPSA) is 37.3 Å². The van der Waals surface area contributed by atoms with E-state index in [1.807, 2.05) is 6.08 Å². The Hall–Kier alpha value is -1.31. The van der Waals surface area contributed by atoms with Gasteiger partial charge < -0.3 is 5.11 Å². The number of hydrogen-bond acceptors (Lipinski definition) is 1. The fraction of sp³-hybridized carbons (Fsp3) is 0.222. The average Bonchev–Trinajstić information content (AvgIpc) is 2.08. The van der Waals surface area contributed by atoms with Crippen LogP contribution in [0.3, 0.4) is 0 Å². The molecule has 0 saturated carbocycles. The van der Waals surface area contributed by atoms with Crippen LogP contribution in [-0.4, -0.2) is 11.1 Å². The van der Waals surface area contributed by atoms with Crippen molar-refractivity contribution < 1.29 is 9.90 Å². The molecule has 0 bridgehead atoms. The zero-order valence-corrected chi connectivity index (χ0v) is 7.05. The van der Waals surface area contributed by atoms with E-state index >= 15 is 0 Å². The van der Waals surface area contributed by atoms with E-state index in [-0.39, 0.29) is 0 Å². The zero-order chi connectivity index (χ0) is 9.70. The maximum absolute atomic E-state index is 9.25. The van der Waals surface area contributed by atoms with E-state index in [4.69, 9.17) is 5.11 Å². The molecule has 0 aliphatic heterocycles. The zero-order valence-electron chi connectivity index (χ0n) is 7.05. The smallest absolute Gasteiger partial charge is 0.327 e. The predicted molar refractivity (Wildman–Crippen MR) is 49.6 cm³/mol. The highest BCUT2D eigenvalue weighted by molar-refractivity contribution is 5.78. The van der Waals surface area contributed by atoms with Crippen LogP contribution < -0.4 is 0 Å². The number of carboxylic acids is 1. The lowest BCUT2D eigenvalue weighted by Crippen LogP contribution is -1.82. The largest absolute Gasteiger partial charge is 0.478 e. The minimum absolute atomic E-state index is 0.833. The number of hydrogen-bond donors (Lipinski definition) is 1. The second-order valence-electron chi connectivity index (χ2n) is 1.24. The summed E-state index contributed by atoms with van der Waals surface area (Å²) in [5, 5.41) is 7.60. The lowest BCUT2D eigenvalue weighted by Gasteiger charge is -1.64. The number of allylic oxidation sites excluding steroid dienone is 1. The maximum Gasteiger partial charge on any atom is 0.327 e. The van der Waals surface area contributed by atoms with Crippen LogP contribution in [0.5, 0.6) is 0 Å². The quantitative estimate of drug-likeness (QED) is 0.493. The van der Waals surface area contributed by atoms with Gasteiger partial charge in [0, 0.05) is 6.08 Å². The van der Waals surface area contributed by atoms with Gasteiger partial charge in [0.25, 0.3) is 0 Å². The van der Waals surface area contributed by atoms with Crippen molar-refractivity contribution in [2.45, 2.75) is 13.3 Å². The molecule has 0 radical (unpaired) electrons.